The zero-order valence-electron chi connectivity index (χ0n) is 13.0. The monoisotopic (exact) mass is 427 g/mol. The van der Waals surface area contributed by atoms with Crippen molar-refractivity contribution in [3.63, 3.8) is 0 Å². The van der Waals surface area contributed by atoms with Gasteiger partial charge < -0.3 is 20.1 Å². The minimum Gasteiger partial charge on any atom is -0.491 e. The molecule has 0 spiro atoms. The van der Waals surface area contributed by atoms with Gasteiger partial charge in [-0.15, -0.1) is 24.0 Å². The molecule has 124 valence electrons. The summed E-state index contributed by atoms with van der Waals surface area (Å²) in [6, 6.07) is 14.3. The molecule has 0 aromatic heterocycles. The van der Waals surface area contributed by atoms with Crippen molar-refractivity contribution in [3.8, 4) is 5.75 Å². The summed E-state index contributed by atoms with van der Waals surface area (Å²) in [7, 11) is 0. The van der Waals surface area contributed by atoms with Crippen LogP contribution in [0, 0.1) is 0 Å². The fraction of sp³-hybridized carbons (Fsp3) is 0.353. The molecule has 2 aromatic carbocycles. The molecule has 1 heterocycles. The number of hydrogen-bond acceptors (Lipinski definition) is 3. The van der Waals surface area contributed by atoms with Gasteiger partial charge in [0.15, 0.2) is 5.96 Å². The number of rotatable bonds is 4. The van der Waals surface area contributed by atoms with E-state index in [0.717, 1.165) is 24.2 Å². The van der Waals surface area contributed by atoms with E-state index in [9.17, 15) is 0 Å². The number of fused-ring (bicyclic) bond motifs is 1. The van der Waals surface area contributed by atoms with Gasteiger partial charge in [0, 0.05) is 18.5 Å². The van der Waals surface area contributed by atoms with E-state index in [1.165, 1.54) is 5.39 Å². The van der Waals surface area contributed by atoms with Gasteiger partial charge in [-0.1, -0.05) is 36.4 Å². The zero-order valence-corrected chi connectivity index (χ0v) is 15.3. The van der Waals surface area contributed by atoms with Gasteiger partial charge in [-0.25, -0.2) is 4.99 Å². The molecule has 2 N–H and O–H groups in total. The van der Waals surface area contributed by atoms with Gasteiger partial charge >= 0.3 is 0 Å². The smallest absolute Gasteiger partial charge is 0.191 e. The van der Waals surface area contributed by atoms with Crippen LogP contribution < -0.4 is 10.5 Å². The van der Waals surface area contributed by atoms with E-state index in [1.54, 1.807) is 0 Å². The topological polar surface area (TPSA) is 60.1 Å². The van der Waals surface area contributed by atoms with Crippen LogP contribution in [0.5, 0.6) is 5.75 Å². The quantitative estimate of drug-likeness (QED) is 0.353. The van der Waals surface area contributed by atoms with Crippen LogP contribution in [0.2, 0.25) is 0 Å². The van der Waals surface area contributed by atoms with E-state index in [-0.39, 0.29) is 24.0 Å². The first-order chi connectivity index (χ1) is 10.8. The van der Waals surface area contributed by atoms with Crippen LogP contribution in [-0.4, -0.2) is 50.3 Å². The summed E-state index contributed by atoms with van der Waals surface area (Å²) in [5, 5.41) is 2.30. The van der Waals surface area contributed by atoms with E-state index in [0.29, 0.717) is 32.3 Å². The van der Waals surface area contributed by atoms with Crippen molar-refractivity contribution >= 4 is 40.7 Å². The second kappa shape index (κ2) is 8.93. The minimum absolute atomic E-state index is 0. The molecule has 0 amide bonds. The van der Waals surface area contributed by atoms with Crippen LogP contribution in [0.15, 0.2) is 47.5 Å². The molecule has 1 saturated heterocycles. The van der Waals surface area contributed by atoms with Gasteiger partial charge in [-0.2, -0.15) is 0 Å². The highest BCUT2D eigenvalue weighted by Crippen LogP contribution is 2.24. The van der Waals surface area contributed by atoms with Gasteiger partial charge in [-0.3, -0.25) is 0 Å². The van der Waals surface area contributed by atoms with Crippen molar-refractivity contribution in [1.29, 1.82) is 0 Å². The SMILES string of the molecule is I.NC(=NCCOc1cccc2ccccc12)N1CCOCC1. The third-order valence-corrected chi connectivity index (χ3v) is 3.71. The van der Waals surface area contributed by atoms with E-state index in [4.69, 9.17) is 15.2 Å². The summed E-state index contributed by atoms with van der Waals surface area (Å²) in [5.74, 6) is 1.46. The lowest BCUT2D eigenvalue weighted by Gasteiger charge is -2.27. The molecule has 0 bridgehead atoms. The maximum Gasteiger partial charge on any atom is 0.191 e. The van der Waals surface area contributed by atoms with Crippen LogP contribution in [0.3, 0.4) is 0 Å². The molecule has 1 aliphatic heterocycles. The highest BCUT2D eigenvalue weighted by Gasteiger charge is 2.11. The lowest BCUT2D eigenvalue weighted by Crippen LogP contribution is -2.45. The standard InChI is InChI=1S/C17H21N3O2.HI/c18-17(20-9-12-21-13-10-20)19-8-11-22-16-7-3-5-14-4-1-2-6-15(14)16;/h1-7H,8-13H2,(H2,18,19);1H. The van der Waals surface area contributed by atoms with Crippen LogP contribution in [0.1, 0.15) is 0 Å². The number of nitrogens with zero attached hydrogens (tertiary/aromatic N) is 2. The minimum atomic E-state index is 0. The van der Waals surface area contributed by atoms with Gasteiger partial charge in [0.05, 0.1) is 19.8 Å². The molecule has 2 aromatic rings. The number of halogens is 1. The van der Waals surface area contributed by atoms with Crippen LogP contribution >= 0.6 is 24.0 Å². The van der Waals surface area contributed by atoms with Crippen molar-refractivity contribution < 1.29 is 9.47 Å². The molecule has 1 fully saturated rings. The normalized spacial score (nSPS) is 15.3. The van der Waals surface area contributed by atoms with Crippen LogP contribution in [-0.2, 0) is 4.74 Å². The summed E-state index contributed by atoms with van der Waals surface area (Å²) >= 11 is 0. The highest BCUT2D eigenvalue weighted by atomic mass is 127. The second-order valence-corrected chi connectivity index (χ2v) is 5.17. The zero-order chi connectivity index (χ0) is 15.2. The van der Waals surface area contributed by atoms with E-state index < -0.39 is 0 Å². The number of benzene rings is 2. The van der Waals surface area contributed by atoms with Crippen molar-refractivity contribution in [1.82, 2.24) is 4.90 Å². The molecule has 0 unspecified atom stereocenters. The van der Waals surface area contributed by atoms with Gasteiger partial charge in [0.1, 0.15) is 12.4 Å². The molecule has 6 heteroatoms. The second-order valence-electron chi connectivity index (χ2n) is 5.17. The molecule has 0 aliphatic carbocycles. The maximum atomic E-state index is 5.98. The van der Waals surface area contributed by atoms with E-state index in [1.807, 2.05) is 29.2 Å². The first-order valence-electron chi connectivity index (χ1n) is 7.58. The lowest BCUT2D eigenvalue weighted by atomic mass is 10.1. The number of aliphatic imine (C=N–C) groups is 1. The Kier molecular flexibility index (Phi) is 6.91. The van der Waals surface area contributed by atoms with Crippen LogP contribution in [0.4, 0.5) is 0 Å². The summed E-state index contributed by atoms with van der Waals surface area (Å²) in [5.41, 5.74) is 5.98. The average molecular weight is 427 g/mol. The lowest BCUT2D eigenvalue weighted by molar-refractivity contribution is 0.0674. The van der Waals surface area contributed by atoms with Gasteiger partial charge in [0.2, 0.25) is 0 Å². The molecule has 1 aliphatic rings. The predicted octanol–water partition coefficient (Wildman–Crippen LogP) is 2.48. The summed E-state index contributed by atoms with van der Waals surface area (Å²) in [6.07, 6.45) is 0. The van der Waals surface area contributed by atoms with Crippen LogP contribution in [0.25, 0.3) is 10.8 Å². The first-order valence-corrected chi connectivity index (χ1v) is 7.58. The number of hydrogen-bond donors (Lipinski definition) is 1. The fourth-order valence-corrected chi connectivity index (χ4v) is 2.53. The Morgan fingerprint density at radius 1 is 1.13 bits per heavy atom. The third-order valence-electron chi connectivity index (χ3n) is 3.71. The number of morpholine rings is 1. The van der Waals surface area contributed by atoms with Gasteiger partial charge in [-0.05, 0) is 11.5 Å². The molecule has 0 atom stereocenters. The molecule has 23 heavy (non-hydrogen) atoms. The molecule has 5 nitrogen and oxygen atoms in total. The Balaban J connectivity index is 0.00000192. The molecular formula is C17H22IN3O2. The highest BCUT2D eigenvalue weighted by molar-refractivity contribution is 14.0. The Morgan fingerprint density at radius 2 is 1.87 bits per heavy atom. The third kappa shape index (κ3) is 4.71. The Morgan fingerprint density at radius 3 is 2.70 bits per heavy atom. The fourth-order valence-electron chi connectivity index (χ4n) is 2.53. The number of guanidine groups is 1. The summed E-state index contributed by atoms with van der Waals surface area (Å²) in [4.78, 5) is 6.43. The van der Waals surface area contributed by atoms with Crippen molar-refractivity contribution in [2.24, 2.45) is 10.7 Å². The Bertz CT molecular complexity index is 652. The van der Waals surface area contributed by atoms with E-state index in [2.05, 4.69) is 23.2 Å². The molecule has 0 saturated carbocycles. The van der Waals surface area contributed by atoms with E-state index >= 15 is 0 Å². The van der Waals surface area contributed by atoms with Crippen molar-refractivity contribution in [3.05, 3.63) is 42.5 Å². The molecule has 0 radical (unpaired) electrons. The first kappa shape index (κ1) is 17.8. The molecule has 3 rings (SSSR count). The Labute approximate surface area is 153 Å². The summed E-state index contributed by atoms with van der Waals surface area (Å²) < 4.78 is 11.1. The van der Waals surface area contributed by atoms with Crippen molar-refractivity contribution in [2.75, 3.05) is 39.5 Å². The summed E-state index contributed by atoms with van der Waals surface area (Å²) in [6.45, 7) is 4.09. The molecular weight excluding hydrogens is 405 g/mol. The predicted molar refractivity (Wildman–Crippen MR) is 104 cm³/mol. The number of nitrogens with two attached hydrogens (primary N) is 1. The number of ether oxygens (including phenoxy) is 2. The average Bonchev–Trinajstić information content (AvgIpc) is 2.59. The van der Waals surface area contributed by atoms with Gasteiger partial charge in [0.25, 0.3) is 0 Å². The largest absolute Gasteiger partial charge is 0.491 e. The Hall–Kier alpha value is -1.54. The van der Waals surface area contributed by atoms with Crippen molar-refractivity contribution in [2.45, 2.75) is 0 Å². The maximum absolute atomic E-state index is 5.98.